The van der Waals surface area contributed by atoms with Gasteiger partial charge in [-0.05, 0) is 55.7 Å². The van der Waals surface area contributed by atoms with E-state index in [-0.39, 0.29) is 5.91 Å². The highest BCUT2D eigenvalue weighted by Crippen LogP contribution is 2.24. The zero-order valence-electron chi connectivity index (χ0n) is 16.2. The third-order valence-electron chi connectivity index (χ3n) is 4.83. The Morgan fingerprint density at radius 3 is 2.81 bits per heavy atom. The smallest absolute Gasteiger partial charge is 0.274 e. The average Bonchev–Trinajstić information content (AvgIpc) is 2.69. The maximum Gasteiger partial charge on any atom is 0.274 e. The summed E-state index contributed by atoms with van der Waals surface area (Å²) in [5.74, 6) is 0.609. The molecule has 0 radical (unpaired) electrons. The van der Waals surface area contributed by atoms with Crippen molar-refractivity contribution in [2.24, 2.45) is 0 Å². The molecule has 0 saturated heterocycles. The molecule has 0 aliphatic heterocycles. The molecule has 2 N–H and O–H groups in total. The van der Waals surface area contributed by atoms with E-state index in [2.05, 4.69) is 40.5 Å². The van der Waals surface area contributed by atoms with E-state index in [9.17, 15) is 4.79 Å². The van der Waals surface area contributed by atoms with Crippen molar-refractivity contribution in [2.45, 2.75) is 51.9 Å². The summed E-state index contributed by atoms with van der Waals surface area (Å²) < 4.78 is 0. The van der Waals surface area contributed by atoms with Crippen LogP contribution in [0.2, 0.25) is 0 Å². The lowest BCUT2D eigenvalue weighted by Crippen LogP contribution is -2.17. The highest BCUT2D eigenvalue weighted by Gasteiger charge is 2.13. The molecule has 3 rings (SSSR count). The molecular formula is C22H28N4O. The number of hydrogen-bond acceptors (Lipinski definition) is 4. The third kappa shape index (κ3) is 5.39. The molecule has 0 spiro atoms. The van der Waals surface area contributed by atoms with Gasteiger partial charge < -0.3 is 10.6 Å². The van der Waals surface area contributed by atoms with Crippen molar-refractivity contribution in [1.82, 2.24) is 9.97 Å². The number of carbonyl (C=O) groups excluding carboxylic acids is 1. The van der Waals surface area contributed by atoms with Crippen LogP contribution in [0.25, 0.3) is 0 Å². The molecule has 0 unspecified atom stereocenters. The standard InChI is InChI=1S/C22H28N4O/c1-16(2)18-10-6-7-11-19(18)25-21(27)20-13-15-24-22(26-20)23-14-12-17-8-4-3-5-9-17/h6-8,10-11,13,15-16H,3-5,9,12,14H2,1-2H3,(H,25,27)(H,23,24,26). The fourth-order valence-corrected chi connectivity index (χ4v) is 3.34. The van der Waals surface area contributed by atoms with Crippen molar-refractivity contribution < 1.29 is 4.79 Å². The summed E-state index contributed by atoms with van der Waals surface area (Å²) in [6.07, 6.45) is 9.95. The van der Waals surface area contributed by atoms with Crippen LogP contribution in [0.1, 0.15) is 67.9 Å². The second-order valence-electron chi connectivity index (χ2n) is 7.25. The third-order valence-corrected chi connectivity index (χ3v) is 4.83. The predicted octanol–water partition coefficient (Wildman–Crippen LogP) is 5.15. The molecule has 27 heavy (non-hydrogen) atoms. The van der Waals surface area contributed by atoms with Gasteiger partial charge in [0, 0.05) is 18.4 Å². The normalized spacial score (nSPS) is 14.0. The first-order valence-corrected chi connectivity index (χ1v) is 9.78. The Bertz CT molecular complexity index is 813. The molecule has 1 amide bonds. The zero-order valence-corrected chi connectivity index (χ0v) is 16.2. The average molecular weight is 364 g/mol. The van der Waals surface area contributed by atoms with E-state index in [0.29, 0.717) is 17.6 Å². The molecule has 0 atom stereocenters. The van der Waals surface area contributed by atoms with Crippen molar-refractivity contribution in [1.29, 1.82) is 0 Å². The Hall–Kier alpha value is -2.69. The van der Waals surface area contributed by atoms with Crippen LogP contribution < -0.4 is 10.6 Å². The number of hydrogen-bond donors (Lipinski definition) is 2. The Labute approximate surface area is 161 Å². The molecule has 1 heterocycles. The Kier molecular flexibility index (Phi) is 6.58. The number of amides is 1. The lowest BCUT2D eigenvalue weighted by atomic mass is 9.97. The second kappa shape index (κ2) is 9.31. The summed E-state index contributed by atoms with van der Waals surface area (Å²) in [5.41, 5.74) is 3.81. The minimum Gasteiger partial charge on any atom is -0.354 e. The van der Waals surface area contributed by atoms with Gasteiger partial charge in [-0.2, -0.15) is 0 Å². The summed E-state index contributed by atoms with van der Waals surface area (Å²) in [6.45, 7) is 5.01. The molecule has 142 valence electrons. The van der Waals surface area contributed by atoms with Crippen molar-refractivity contribution in [2.75, 3.05) is 17.2 Å². The summed E-state index contributed by atoms with van der Waals surface area (Å²) in [4.78, 5) is 21.2. The minimum atomic E-state index is -0.219. The van der Waals surface area contributed by atoms with Gasteiger partial charge in [-0.1, -0.05) is 43.7 Å². The molecular weight excluding hydrogens is 336 g/mol. The highest BCUT2D eigenvalue weighted by molar-refractivity contribution is 6.03. The minimum absolute atomic E-state index is 0.219. The lowest BCUT2D eigenvalue weighted by molar-refractivity contribution is 0.102. The van der Waals surface area contributed by atoms with E-state index in [4.69, 9.17) is 0 Å². The largest absolute Gasteiger partial charge is 0.354 e. The highest BCUT2D eigenvalue weighted by atomic mass is 16.1. The van der Waals surface area contributed by atoms with E-state index >= 15 is 0 Å². The van der Waals surface area contributed by atoms with E-state index in [0.717, 1.165) is 24.2 Å². The van der Waals surface area contributed by atoms with Crippen LogP contribution in [0, 0.1) is 0 Å². The van der Waals surface area contributed by atoms with Crippen molar-refractivity contribution in [3.8, 4) is 0 Å². The number of aromatic nitrogens is 2. The topological polar surface area (TPSA) is 66.9 Å². The molecule has 1 aromatic heterocycles. The Morgan fingerprint density at radius 2 is 2.04 bits per heavy atom. The van der Waals surface area contributed by atoms with E-state index in [1.807, 2.05) is 24.3 Å². The first kappa shape index (κ1) is 19.1. The van der Waals surface area contributed by atoms with E-state index in [1.54, 1.807) is 12.3 Å². The van der Waals surface area contributed by atoms with Gasteiger partial charge in [0.05, 0.1) is 0 Å². The molecule has 5 nitrogen and oxygen atoms in total. The number of benzene rings is 1. The molecule has 0 fully saturated rings. The quantitative estimate of drug-likeness (QED) is 0.666. The maximum absolute atomic E-state index is 12.6. The first-order valence-electron chi connectivity index (χ1n) is 9.78. The van der Waals surface area contributed by atoms with Gasteiger partial charge >= 0.3 is 0 Å². The molecule has 1 aromatic carbocycles. The number of rotatable bonds is 7. The van der Waals surface area contributed by atoms with Gasteiger partial charge in [-0.3, -0.25) is 4.79 Å². The van der Waals surface area contributed by atoms with Crippen molar-refractivity contribution in [3.63, 3.8) is 0 Å². The number of anilines is 2. The fourth-order valence-electron chi connectivity index (χ4n) is 3.34. The van der Waals surface area contributed by atoms with Crippen LogP contribution in [-0.4, -0.2) is 22.4 Å². The van der Waals surface area contributed by atoms with Gasteiger partial charge in [0.1, 0.15) is 5.69 Å². The zero-order chi connectivity index (χ0) is 19.1. The van der Waals surface area contributed by atoms with Crippen LogP contribution in [0.5, 0.6) is 0 Å². The Morgan fingerprint density at radius 1 is 1.19 bits per heavy atom. The van der Waals surface area contributed by atoms with Gasteiger partial charge in [-0.15, -0.1) is 0 Å². The van der Waals surface area contributed by atoms with Crippen LogP contribution >= 0.6 is 0 Å². The first-order chi connectivity index (χ1) is 13.1. The predicted molar refractivity (Wildman–Crippen MR) is 110 cm³/mol. The van der Waals surface area contributed by atoms with Gasteiger partial charge in [0.25, 0.3) is 5.91 Å². The second-order valence-corrected chi connectivity index (χ2v) is 7.25. The SMILES string of the molecule is CC(C)c1ccccc1NC(=O)c1ccnc(NCCC2=CCCCC2)n1. The molecule has 2 aromatic rings. The monoisotopic (exact) mass is 364 g/mol. The molecule has 0 saturated carbocycles. The van der Waals surface area contributed by atoms with Crippen molar-refractivity contribution in [3.05, 3.63) is 59.4 Å². The van der Waals surface area contributed by atoms with Crippen LogP contribution in [0.4, 0.5) is 11.6 Å². The van der Waals surface area contributed by atoms with Gasteiger partial charge in [0.2, 0.25) is 5.95 Å². The number of nitrogens with one attached hydrogen (secondary N) is 2. The van der Waals surface area contributed by atoms with Crippen molar-refractivity contribution >= 4 is 17.5 Å². The van der Waals surface area contributed by atoms with E-state index in [1.165, 1.54) is 31.3 Å². The summed E-state index contributed by atoms with van der Waals surface area (Å²) in [7, 11) is 0. The lowest BCUT2D eigenvalue weighted by Gasteiger charge is -2.14. The van der Waals surface area contributed by atoms with Gasteiger partial charge in [0.15, 0.2) is 0 Å². The summed E-state index contributed by atoms with van der Waals surface area (Å²) in [5, 5.41) is 6.21. The maximum atomic E-state index is 12.6. The summed E-state index contributed by atoms with van der Waals surface area (Å²) >= 11 is 0. The molecule has 0 bridgehead atoms. The Balaban J connectivity index is 1.61. The van der Waals surface area contributed by atoms with Crippen LogP contribution in [0.15, 0.2) is 48.2 Å². The number of carbonyl (C=O) groups is 1. The van der Waals surface area contributed by atoms with Crippen LogP contribution in [-0.2, 0) is 0 Å². The summed E-state index contributed by atoms with van der Waals surface area (Å²) in [6, 6.07) is 9.51. The number of nitrogens with zero attached hydrogens (tertiary/aromatic N) is 2. The molecule has 1 aliphatic carbocycles. The number of para-hydroxylation sites is 1. The van der Waals surface area contributed by atoms with Gasteiger partial charge in [-0.25, -0.2) is 9.97 Å². The molecule has 5 heteroatoms. The fraction of sp³-hybridized carbons (Fsp3) is 0.409. The van der Waals surface area contributed by atoms with Crippen LogP contribution in [0.3, 0.4) is 0 Å². The van der Waals surface area contributed by atoms with E-state index < -0.39 is 0 Å². The molecule has 1 aliphatic rings. The number of allylic oxidation sites excluding steroid dienone is 1.